The van der Waals surface area contributed by atoms with E-state index in [1.165, 1.54) is 31.5 Å². The molecule has 4 rings (SSSR count). The van der Waals surface area contributed by atoms with Crippen LogP contribution in [0.4, 0.5) is 16.2 Å². The number of nitrogens with zero attached hydrogens (tertiary/aromatic N) is 2. The Morgan fingerprint density at radius 1 is 1.08 bits per heavy atom. The van der Waals surface area contributed by atoms with Gasteiger partial charge in [-0.3, -0.25) is 15.0 Å². The van der Waals surface area contributed by atoms with E-state index < -0.39 is 0 Å². The van der Waals surface area contributed by atoms with Crippen molar-refractivity contribution in [2.45, 2.75) is 32.6 Å². The minimum atomic E-state index is -0.319. The molecule has 0 bridgehead atoms. The van der Waals surface area contributed by atoms with Crippen LogP contribution in [0.15, 0.2) is 18.2 Å². The lowest BCUT2D eigenvalue weighted by atomic mass is 9.78. The van der Waals surface area contributed by atoms with Crippen molar-refractivity contribution in [1.29, 1.82) is 0 Å². The van der Waals surface area contributed by atoms with Gasteiger partial charge in [0.1, 0.15) is 0 Å². The number of piperidine rings is 1. The number of amides is 3. The third kappa shape index (κ3) is 3.53. The van der Waals surface area contributed by atoms with E-state index in [9.17, 15) is 9.59 Å². The van der Waals surface area contributed by atoms with Gasteiger partial charge in [-0.1, -0.05) is 0 Å². The van der Waals surface area contributed by atoms with Crippen molar-refractivity contribution in [3.05, 3.63) is 23.8 Å². The molecule has 7 heteroatoms. The Bertz CT molecular complexity index is 693. The SMILES string of the molecule is Cc1cc(N2CCC3(CCNC3)CC2)ccc1N1CCC(=O)NC1=O.Cl. The van der Waals surface area contributed by atoms with Gasteiger partial charge in [0, 0.05) is 44.0 Å². The normalized spacial score (nSPS) is 22.3. The van der Waals surface area contributed by atoms with E-state index in [2.05, 4.69) is 27.7 Å². The van der Waals surface area contributed by atoms with Crippen LogP contribution in [0.3, 0.4) is 0 Å². The second-order valence-electron chi connectivity index (χ2n) is 7.64. The smallest absolute Gasteiger partial charge is 0.328 e. The summed E-state index contributed by atoms with van der Waals surface area (Å²) in [5, 5.41) is 5.90. The second kappa shape index (κ2) is 7.45. The van der Waals surface area contributed by atoms with Gasteiger partial charge in [0.25, 0.3) is 0 Å². The molecule has 26 heavy (non-hydrogen) atoms. The topological polar surface area (TPSA) is 64.7 Å². The lowest BCUT2D eigenvalue weighted by Gasteiger charge is -2.40. The van der Waals surface area contributed by atoms with E-state index in [1.54, 1.807) is 4.90 Å². The highest BCUT2D eigenvalue weighted by Gasteiger charge is 2.37. The molecule has 3 aliphatic rings. The molecule has 3 heterocycles. The molecule has 0 radical (unpaired) electrons. The number of urea groups is 1. The maximum Gasteiger partial charge on any atom is 0.328 e. The van der Waals surface area contributed by atoms with Gasteiger partial charge in [-0.2, -0.15) is 0 Å². The lowest BCUT2D eigenvalue weighted by Crippen LogP contribution is -2.49. The van der Waals surface area contributed by atoms with Gasteiger partial charge in [0.2, 0.25) is 5.91 Å². The molecule has 0 atom stereocenters. The predicted molar refractivity (Wildman–Crippen MR) is 105 cm³/mol. The minimum Gasteiger partial charge on any atom is -0.371 e. The zero-order chi connectivity index (χ0) is 17.4. The summed E-state index contributed by atoms with van der Waals surface area (Å²) in [6.45, 7) is 7.01. The summed E-state index contributed by atoms with van der Waals surface area (Å²) >= 11 is 0. The monoisotopic (exact) mass is 378 g/mol. The van der Waals surface area contributed by atoms with Crippen LogP contribution in [0, 0.1) is 12.3 Å². The minimum absolute atomic E-state index is 0. The number of carbonyl (C=O) groups excluding carboxylic acids is 2. The first kappa shape index (κ1) is 19.0. The van der Waals surface area contributed by atoms with Crippen molar-refractivity contribution in [3.63, 3.8) is 0 Å². The summed E-state index contributed by atoms with van der Waals surface area (Å²) in [6.07, 6.45) is 4.16. The Kier molecular flexibility index (Phi) is 5.44. The van der Waals surface area contributed by atoms with Crippen LogP contribution in [-0.4, -0.2) is 44.7 Å². The van der Waals surface area contributed by atoms with Crippen LogP contribution in [0.5, 0.6) is 0 Å². The molecular formula is C19H27ClN4O2. The molecule has 3 aliphatic heterocycles. The Morgan fingerprint density at radius 3 is 2.46 bits per heavy atom. The number of halogens is 1. The largest absolute Gasteiger partial charge is 0.371 e. The van der Waals surface area contributed by atoms with Gasteiger partial charge in [0.05, 0.1) is 0 Å². The van der Waals surface area contributed by atoms with Crippen LogP contribution < -0.4 is 20.4 Å². The zero-order valence-corrected chi connectivity index (χ0v) is 16.0. The Hall–Kier alpha value is -1.79. The van der Waals surface area contributed by atoms with Crippen molar-refractivity contribution >= 4 is 35.7 Å². The fourth-order valence-corrected chi connectivity index (χ4v) is 4.39. The second-order valence-corrected chi connectivity index (χ2v) is 7.64. The summed E-state index contributed by atoms with van der Waals surface area (Å²) in [5.41, 5.74) is 3.71. The van der Waals surface area contributed by atoms with Crippen molar-refractivity contribution in [2.75, 3.05) is 42.5 Å². The molecule has 3 fully saturated rings. The summed E-state index contributed by atoms with van der Waals surface area (Å²) in [6, 6.07) is 5.98. The highest BCUT2D eigenvalue weighted by Crippen LogP contribution is 2.38. The summed E-state index contributed by atoms with van der Waals surface area (Å²) in [7, 11) is 0. The van der Waals surface area contributed by atoms with Gasteiger partial charge in [0.15, 0.2) is 0 Å². The van der Waals surface area contributed by atoms with Gasteiger partial charge in [-0.25, -0.2) is 4.79 Å². The number of benzene rings is 1. The fourth-order valence-electron chi connectivity index (χ4n) is 4.39. The molecule has 0 unspecified atom stereocenters. The summed E-state index contributed by atoms with van der Waals surface area (Å²) in [5.74, 6) is -0.195. The molecule has 3 saturated heterocycles. The molecule has 142 valence electrons. The predicted octanol–water partition coefficient (Wildman–Crippen LogP) is 2.44. The average Bonchev–Trinajstić information content (AvgIpc) is 3.04. The van der Waals surface area contributed by atoms with E-state index in [4.69, 9.17) is 0 Å². The molecular weight excluding hydrogens is 352 g/mol. The van der Waals surface area contributed by atoms with Crippen molar-refractivity contribution in [2.24, 2.45) is 5.41 Å². The van der Waals surface area contributed by atoms with Gasteiger partial charge in [-0.05, 0) is 61.9 Å². The summed E-state index contributed by atoms with van der Waals surface area (Å²) < 4.78 is 0. The molecule has 6 nitrogen and oxygen atoms in total. The van der Waals surface area contributed by atoms with Gasteiger partial charge in [-0.15, -0.1) is 12.4 Å². The Morgan fingerprint density at radius 2 is 1.85 bits per heavy atom. The molecule has 2 N–H and O–H groups in total. The quantitative estimate of drug-likeness (QED) is 0.829. The fraction of sp³-hybridized carbons (Fsp3) is 0.579. The third-order valence-electron chi connectivity index (χ3n) is 6.05. The number of imide groups is 1. The first-order valence-corrected chi connectivity index (χ1v) is 9.24. The van der Waals surface area contributed by atoms with Crippen LogP contribution in [0.25, 0.3) is 0 Å². The van der Waals surface area contributed by atoms with Crippen LogP contribution in [0.1, 0.15) is 31.2 Å². The van der Waals surface area contributed by atoms with E-state index >= 15 is 0 Å². The molecule has 3 amide bonds. The number of aryl methyl sites for hydroxylation is 1. The molecule has 0 aliphatic carbocycles. The number of nitrogens with one attached hydrogen (secondary N) is 2. The average molecular weight is 379 g/mol. The van der Waals surface area contributed by atoms with Gasteiger partial charge >= 0.3 is 6.03 Å². The van der Waals surface area contributed by atoms with E-state index in [1.807, 2.05) is 13.0 Å². The maximum absolute atomic E-state index is 12.1. The van der Waals surface area contributed by atoms with E-state index in [0.717, 1.165) is 30.9 Å². The molecule has 0 aromatic heterocycles. The zero-order valence-electron chi connectivity index (χ0n) is 15.2. The number of rotatable bonds is 2. The van der Waals surface area contributed by atoms with Crippen molar-refractivity contribution in [1.82, 2.24) is 10.6 Å². The Labute approximate surface area is 160 Å². The van der Waals surface area contributed by atoms with Crippen LogP contribution in [-0.2, 0) is 4.79 Å². The standard InChI is InChI=1S/C19H26N4O2.ClH/c1-14-12-15(22-10-6-19(7-11-22)5-8-20-13-19)2-3-16(14)23-9-4-17(24)21-18(23)25;/h2-3,12,20H,4-11,13H2,1H3,(H,21,24,25);1H. The number of hydrogen-bond acceptors (Lipinski definition) is 4. The summed E-state index contributed by atoms with van der Waals surface area (Å²) in [4.78, 5) is 27.5. The third-order valence-corrected chi connectivity index (χ3v) is 6.05. The Balaban J connectivity index is 0.00000196. The van der Waals surface area contributed by atoms with Gasteiger partial charge < -0.3 is 10.2 Å². The molecule has 1 spiro atoms. The van der Waals surface area contributed by atoms with Crippen molar-refractivity contribution in [3.8, 4) is 0 Å². The lowest BCUT2D eigenvalue weighted by molar-refractivity contribution is -0.120. The molecule has 1 aromatic carbocycles. The first-order valence-electron chi connectivity index (χ1n) is 9.24. The van der Waals surface area contributed by atoms with Crippen LogP contribution in [0.2, 0.25) is 0 Å². The first-order chi connectivity index (χ1) is 12.1. The molecule has 1 aromatic rings. The number of hydrogen-bond donors (Lipinski definition) is 2. The van der Waals surface area contributed by atoms with E-state index in [-0.39, 0.29) is 24.3 Å². The van der Waals surface area contributed by atoms with Crippen molar-refractivity contribution < 1.29 is 9.59 Å². The number of carbonyl (C=O) groups is 2. The highest BCUT2D eigenvalue weighted by molar-refractivity contribution is 6.06. The van der Waals surface area contributed by atoms with E-state index in [0.29, 0.717) is 18.4 Å². The highest BCUT2D eigenvalue weighted by atomic mass is 35.5. The molecule has 0 saturated carbocycles. The maximum atomic E-state index is 12.1. The number of anilines is 2. The van der Waals surface area contributed by atoms with Crippen LogP contribution >= 0.6 is 12.4 Å².